The molecular weight excluding hydrogens is 447 g/mol. The zero-order valence-electron chi connectivity index (χ0n) is 20.3. The van der Waals surface area contributed by atoms with Gasteiger partial charge in [-0.05, 0) is 87.6 Å². The molecule has 0 unspecified atom stereocenters. The summed E-state index contributed by atoms with van der Waals surface area (Å²) in [6.45, 7) is 9.11. The van der Waals surface area contributed by atoms with Crippen LogP contribution in [0, 0.1) is 20.8 Å². The summed E-state index contributed by atoms with van der Waals surface area (Å²) in [6.07, 6.45) is 0.791. The van der Waals surface area contributed by atoms with E-state index in [-0.39, 0.29) is 5.56 Å². The fraction of sp³-hybridized carbons (Fsp3) is 0.423. The van der Waals surface area contributed by atoms with Gasteiger partial charge in [0.05, 0.1) is 13.2 Å². The van der Waals surface area contributed by atoms with Crippen molar-refractivity contribution in [3.63, 3.8) is 0 Å². The van der Waals surface area contributed by atoms with E-state index in [2.05, 4.69) is 9.99 Å². The number of oxime groups is 1. The maximum Gasteiger partial charge on any atom is 0.437 e. The third-order valence-corrected chi connectivity index (χ3v) is 4.96. The Morgan fingerprint density at radius 2 is 1.56 bits per heavy atom. The first-order chi connectivity index (χ1) is 16.2. The number of benzene rings is 2. The Balaban J connectivity index is 1.83. The van der Waals surface area contributed by atoms with Crippen molar-refractivity contribution in [2.45, 2.75) is 46.7 Å². The minimum Gasteiger partial charge on any atom is -0.493 e. The molecule has 5 nitrogen and oxygen atoms in total. The van der Waals surface area contributed by atoms with Crippen LogP contribution in [0.15, 0.2) is 47.6 Å². The Kier molecular flexibility index (Phi) is 10.3. The molecular formula is C26H32F3NO4. The third kappa shape index (κ3) is 8.01. The molecule has 2 rings (SSSR count). The monoisotopic (exact) mass is 479 g/mol. The van der Waals surface area contributed by atoms with Crippen molar-refractivity contribution in [3.05, 3.63) is 64.7 Å². The van der Waals surface area contributed by atoms with Gasteiger partial charge in [0.1, 0.15) is 31.0 Å². The maximum atomic E-state index is 13.1. The molecule has 0 aliphatic carbocycles. The summed E-state index contributed by atoms with van der Waals surface area (Å²) >= 11 is 0. The van der Waals surface area contributed by atoms with Crippen LogP contribution in [0.2, 0.25) is 0 Å². The number of rotatable bonds is 12. The second kappa shape index (κ2) is 12.9. The van der Waals surface area contributed by atoms with Crippen LogP contribution in [0.3, 0.4) is 0 Å². The highest BCUT2D eigenvalue weighted by Crippen LogP contribution is 2.29. The first-order valence-electron chi connectivity index (χ1n) is 11.1. The lowest BCUT2D eigenvalue weighted by Gasteiger charge is -2.15. The molecule has 0 saturated heterocycles. The van der Waals surface area contributed by atoms with Crippen LogP contribution in [0.25, 0.3) is 0 Å². The molecule has 0 N–H and O–H groups in total. The number of allylic oxidation sites excluding steroid dienone is 1. The first kappa shape index (κ1) is 27.1. The molecule has 0 bridgehead atoms. The number of hydrogen-bond acceptors (Lipinski definition) is 5. The molecule has 0 atom stereocenters. The zero-order chi connectivity index (χ0) is 25.1. The molecule has 2 aromatic carbocycles. The van der Waals surface area contributed by atoms with E-state index in [0.717, 1.165) is 42.6 Å². The normalized spacial score (nSPS) is 12.2. The minimum atomic E-state index is -4.61. The summed E-state index contributed by atoms with van der Waals surface area (Å²) in [5.41, 5.74) is 1.46. The smallest absolute Gasteiger partial charge is 0.437 e. The van der Waals surface area contributed by atoms with Crippen molar-refractivity contribution in [2.24, 2.45) is 5.16 Å². The van der Waals surface area contributed by atoms with Gasteiger partial charge in [-0.15, -0.1) is 0 Å². The molecule has 0 amide bonds. The van der Waals surface area contributed by atoms with Crippen molar-refractivity contribution in [1.82, 2.24) is 0 Å². The van der Waals surface area contributed by atoms with Crippen molar-refractivity contribution in [1.29, 1.82) is 0 Å². The van der Waals surface area contributed by atoms with E-state index in [4.69, 9.17) is 14.2 Å². The molecule has 8 heteroatoms. The topological polar surface area (TPSA) is 49.3 Å². The predicted octanol–water partition coefficient (Wildman–Crippen LogP) is 6.72. The van der Waals surface area contributed by atoms with Crippen molar-refractivity contribution >= 4 is 5.71 Å². The van der Waals surface area contributed by atoms with Gasteiger partial charge < -0.3 is 19.0 Å². The van der Waals surface area contributed by atoms with Crippen molar-refractivity contribution in [2.75, 3.05) is 26.9 Å². The Morgan fingerprint density at radius 3 is 2.12 bits per heavy atom. The summed E-state index contributed by atoms with van der Waals surface area (Å²) in [7, 11) is 1.08. The molecule has 0 spiro atoms. The molecule has 186 valence electrons. The van der Waals surface area contributed by atoms with Crippen LogP contribution in [-0.2, 0) is 4.84 Å². The molecule has 0 radical (unpaired) electrons. The number of hydrogen-bond donors (Lipinski definition) is 0. The Hall–Kier alpha value is -3.16. The number of halogens is 3. The van der Waals surface area contributed by atoms with E-state index in [1.54, 1.807) is 6.92 Å². The summed E-state index contributed by atoms with van der Waals surface area (Å²) in [6, 6.07) is 8.16. The van der Waals surface area contributed by atoms with Gasteiger partial charge >= 0.3 is 6.18 Å². The van der Waals surface area contributed by atoms with E-state index in [1.807, 2.05) is 45.1 Å². The third-order valence-electron chi connectivity index (χ3n) is 4.96. The second-order valence-electron chi connectivity index (χ2n) is 7.77. The SMILES string of the molecule is C/C=C/COc1cc(C)c(OCCCCOc2ccc(/C(=N/OC)C(F)(F)F)cc2C)c(C)c1. The number of unbranched alkanes of at least 4 members (excludes halogenated alkanes) is 1. The van der Waals surface area contributed by atoms with Gasteiger partial charge in [0, 0.05) is 5.56 Å². The lowest BCUT2D eigenvalue weighted by atomic mass is 10.1. The standard InChI is InChI=1S/C26H32F3NO4/c1-6-7-12-32-22-16-19(3)24(20(4)17-22)34-14-9-8-13-33-23-11-10-21(15-18(23)2)25(30-31-5)26(27,28)29/h6-7,10-11,15-17H,8-9,12-14H2,1-5H3/b7-6+,30-25-. The van der Waals surface area contributed by atoms with Gasteiger partial charge in [0.15, 0.2) is 5.71 Å². The van der Waals surface area contributed by atoms with Gasteiger partial charge in [-0.25, -0.2) is 0 Å². The molecule has 0 fully saturated rings. The van der Waals surface area contributed by atoms with Crippen LogP contribution >= 0.6 is 0 Å². The Labute approximate surface area is 199 Å². The second-order valence-corrected chi connectivity index (χ2v) is 7.77. The largest absolute Gasteiger partial charge is 0.493 e. The molecule has 2 aromatic rings. The van der Waals surface area contributed by atoms with Gasteiger partial charge in [0.2, 0.25) is 0 Å². The number of alkyl halides is 3. The summed E-state index contributed by atoms with van der Waals surface area (Å²) in [5.74, 6) is 2.19. The number of nitrogens with zero attached hydrogens (tertiary/aromatic N) is 1. The Morgan fingerprint density at radius 1 is 0.912 bits per heavy atom. The average molecular weight is 480 g/mol. The lowest BCUT2D eigenvalue weighted by Crippen LogP contribution is -2.24. The highest BCUT2D eigenvalue weighted by atomic mass is 19.4. The highest BCUT2D eigenvalue weighted by Gasteiger charge is 2.38. The van der Waals surface area contributed by atoms with E-state index in [0.29, 0.717) is 31.1 Å². The van der Waals surface area contributed by atoms with Crippen LogP contribution < -0.4 is 14.2 Å². The maximum absolute atomic E-state index is 13.1. The molecule has 34 heavy (non-hydrogen) atoms. The first-order valence-corrected chi connectivity index (χ1v) is 11.1. The lowest BCUT2D eigenvalue weighted by molar-refractivity contribution is -0.0608. The van der Waals surface area contributed by atoms with Crippen LogP contribution in [0.1, 0.15) is 42.0 Å². The molecule has 0 heterocycles. The highest BCUT2D eigenvalue weighted by molar-refractivity contribution is 6.04. The molecule has 0 aromatic heterocycles. The fourth-order valence-corrected chi connectivity index (χ4v) is 3.34. The van der Waals surface area contributed by atoms with Gasteiger partial charge in [-0.3, -0.25) is 0 Å². The van der Waals surface area contributed by atoms with Gasteiger partial charge in [-0.1, -0.05) is 17.3 Å². The summed E-state index contributed by atoms with van der Waals surface area (Å²) in [5, 5.41) is 3.12. The summed E-state index contributed by atoms with van der Waals surface area (Å²) in [4.78, 5) is 4.35. The Bertz CT molecular complexity index is 977. The van der Waals surface area contributed by atoms with Gasteiger partial charge in [0.25, 0.3) is 0 Å². The number of ether oxygens (including phenoxy) is 3. The van der Waals surface area contributed by atoms with Gasteiger partial charge in [-0.2, -0.15) is 13.2 Å². The van der Waals surface area contributed by atoms with E-state index in [1.165, 1.54) is 18.2 Å². The minimum absolute atomic E-state index is 0.0726. The van der Waals surface area contributed by atoms with Crippen LogP contribution in [0.4, 0.5) is 13.2 Å². The average Bonchev–Trinajstić information content (AvgIpc) is 2.76. The fourth-order valence-electron chi connectivity index (χ4n) is 3.34. The predicted molar refractivity (Wildman–Crippen MR) is 127 cm³/mol. The molecule has 0 saturated carbocycles. The molecule has 0 aliphatic rings. The van der Waals surface area contributed by atoms with E-state index in [9.17, 15) is 13.2 Å². The quantitative estimate of drug-likeness (QED) is 0.147. The zero-order valence-corrected chi connectivity index (χ0v) is 20.3. The van der Waals surface area contributed by atoms with Crippen molar-refractivity contribution < 1.29 is 32.2 Å². The summed E-state index contributed by atoms with van der Waals surface area (Å²) < 4.78 is 56.8. The van der Waals surface area contributed by atoms with Crippen LogP contribution in [-0.4, -0.2) is 38.8 Å². The van der Waals surface area contributed by atoms with E-state index >= 15 is 0 Å². The van der Waals surface area contributed by atoms with E-state index < -0.39 is 11.9 Å². The number of aryl methyl sites for hydroxylation is 3. The molecule has 0 aliphatic heterocycles. The van der Waals surface area contributed by atoms with Crippen LogP contribution in [0.5, 0.6) is 17.2 Å². The van der Waals surface area contributed by atoms with Crippen molar-refractivity contribution in [3.8, 4) is 17.2 Å².